The van der Waals surface area contributed by atoms with E-state index in [4.69, 9.17) is 16.3 Å². The van der Waals surface area contributed by atoms with Crippen LogP contribution >= 0.6 is 22.9 Å². The Hall–Kier alpha value is -3.16. The van der Waals surface area contributed by atoms with Crippen molar-refractivity contribution in [3.05, 3.63) is 75.0 Å². The molecule has 0 fully saturated rings. The lowest BCUT2D eigenvalue weighted by atomic mass is 10.1. The normalized spacial score (nSPS) is 11.4. The molecule has 8 heteroatoms. The van der Waals surface area contributed by atoms with Gasteiger partial charge in [-0.3, -0.25) is 9.79 Å². The molecule has 0 radical (unpaired) electrons. The van der Waals surface area contributed by atoms with Gasteiger partial charge in [-0.15, -0.1) is 11.3 Å². The maximum absolute atomic E-state index is 12.9. The number of aliphatic imine (C=N–C) groups is 1. The van der Waals surface area contributed by atoms with Gasteiger partial charge in [0.15, 0.2) is 5.13 Å². The van der Waals surface area contributed by atoms with Crippen LogP contribution in [0.4, 0.5) is 5.69 Å². The molecular weight excluding hydrogens is 398 g/mol. The Morgan fingerprint density at radius 2 is 2.04 bits per heavy atom. The second-order valence-electron chi connectivity index (χ2n) is 5.82. The predicted octanol–water partition coefficient (Wildman–Crippen LogP) is 4.57. The van der Waals surface area contributed by atoms with Crippen LogP contribution in [0.1, 0.15) is 5.56 Å². The number of benzene rings is 2. The van der Waals surface area contributed by atoms with E-state index in [1.807, 2.05) is 0 Å². The fraction of sp³-hybridized carbons (Fsp3) is 0.0500. The van der Waals surface area contributed by atoms with E-state index in [1.165, 1.54) is 29.2 Å². The summed E-state index contributed by atoms with van der Waals surface area (Å²) in [6.45, 7) is 0. The van der Waals surface area contributed by atoms with Crippen molar-refractivity contribution in [2.45, 2.75) is 0 Å². The quantitative estimate of drug-likeness (QED) is 0.499. The van der Waals surface area contributed by atoms with E-state index in [1.54, 1.807) is 54.0 Å². The van der Waals surface area contributed by atoms with Crippen molar-refractivity contribution in [2.24, 2.45) is 4.99 Å². The summed E-state index contributed by atoms with van der Waals surface area (Å²) in [5, 5.41) is 14.5. The first-order valence-corrected chi connectivity index (χ1v) is 9.50. The maximum atomic E-state index is 12.9. The summed E-state index contributed by atoms with van der Waals surface area (Å²) < 4.78 is 6.33. The number of hydrogen-bond donors (Lipinski definition) is 1. The van der Waals surface area contributed by atoms with Crippen molar-refractivity contribution in [1.82, 2.24) is 9.55 Å². The summed E-state index contributed by atoms with van der Waals surface area (Å²) in [6, 6.07) is 12.2. The Kier molecular flexibility index (Phi) is 4.85. The number of methoxy groups -OCH3 is 1. The van der Waals surface area contributed by atoms with Crippen molar-refractivity contribution in [3.8, 4) is 16.8 Å². The van der Waals surface area contributed by atoms with Crippen LogP contribution in [-0.4, -0.2) is 28.0 Å². The van der Waals surface area contributed by atoms with Gasteiger partial charge >= 0.3 is 0 Å². The van der Waals surface area contributed by atoms with Crippen LogP contribution < -0.4 is 10.3 Å². The molecule has 0 saturated heterocycles. The number of hydrogen-bond acceptors (Lipinski definition) is 6. The molecule has 0 aliphatic carbocycles. The second-order valence-corrected chi connectivity index (χ2v) is 7.10. The van der Waals surface area contributed by atoms with Crippen LogP contribution in [0.5, 0.6) is 11.6 Å². The molecule has 140 valence electrons. The van der Waals surface area contributed by atoms with Crippen LogP contribution in [0.2, 0.25) is 5.02 Å². The molecule has 6 nitrogen and oxygen atoms in total. The molecule has 0 bridgehead atoms. The molecule has 28 heavy (non-hydrogen) atoms. The fourth-order valence-electron chi connectivity index (χ4n) is 2.87. The largest absolute Gasteiger partial charge is 0.495 e. The SMILES string of the molecule is COc1ccc(N=Cc2c(O)n(-c3nccs3)c(=O)c3ccccc23)cc1Cl. The molecule has 0 unspecified atom stereocenters. The van der Waals surface area contributed by atoms with Crippen molar-refractivity contribution < 1.29 is 9.84 Å². The zero-order valence-corrected chi connectivity index (χ0v) is 16.2. The van der Waals surface area contributed by atoms with Gasteiger partial charge in [0, 0.05) is 28.6 Å². The number of halogens is 1. The van der Waals surface area contributed by atoms with Crippen molar-refractivity contribution in [1.29, 1.82) is 0 Å². The third-order valence-corrected chi connectivity index (χ3v) is 5.24. The van der Waals surface area contributed by atoms with Crippen molar-refractivity contribution in [2.75, 3.05) is 7.11 Å². The van der Waals surface area contributed by atoms with Gasteiger partial charge in [-0.05, 0) is 24.3 Å². The van der Waals surface area contributed by atoms with E-state index < -0.39 is 0 Å². The lowest BCUT2D eigenvalue weighted by Gasteiger charge is -2.11. The van der Waals surface area contributed by atoms with E-state index in [0.29, 0.717) is 37.9 Å². The molecule has 0 atom stereocenters. The van der Waals surface area contributed by atoms with E-state index >= 15 is 0 Å². The summed E-state index contributed by atoms with van der Waals surface area (Å²) in [7, 11) is 1.54. The summed E-state index contributed by atoms with van der Waals surface area (Å²) >= 11 is 7.41. The van der Waals surface area contributed by atoms with Crippen molar-refractivity contribution >= 4 is 45.6 Å². The van der Waals surface area contributed by atoms with Gasteiger partial charge in [0.25, 0.3) is 5.56 Å². The third kappa shape index (κ3) is 3.15. The smallest absolute Gasteiger partial charge is 0.267 e. The molecular formula is C20H14ClN3O3S. The Balaban J connectivity index is 1.91. The second kappa shape index (κ2) is 7.46. The minimum absolute atomic E-state index is 0.220. The zero-order chi connectivity index (χ0) is 19.7. The molecule has 2 aromatic heterocycles. The first-order chi connectivity index (χ1) is 13.6. The Morgan fingerprint density at radius 3 is 2.71 bits per heavy atom. The van der Waals surface area contributed by atoms with E-state index in [9.17, 15) is 9.90 Å². The standard InChI is InChI=1S/C20H14ClN3O3S/c1-27-17-7-6-12(10-16(17)21)23-11-15-13-4-2-3-5-14(13)18(25)24(19(15)26)20-22-8-9-28-20/h2-11,26H,1H3. The molecule has 0 amide bonds. The monoisotopic (exact) mass is 411 g/mol. The molecule has 4 aromatic rings. The number of nitrogens with zero attached hydrogens (tertiary/aromatic N) is 3. The third-order valence-electron chi connectivity index (χ3n) is 4.19. The number of ether oxygens (including phenoxy) is 1. The van der Waals surface area contributed by atoms with Crippen molar-refractivity contribution in [3.63, 3.8) is 0 Å². The number of pyridine rings is 1. The lowest BCUT2D eigenvalue weighted by Crippen LogP contribution is -2.19. The van der Waals surface area contributed by atoms with E-state index in [0.717, 1.165) is 0 Å². The topological polar surface area (TPSA) is 76.7 Å². The Morgan fingerprint density at radius 1 is 1.25 bits per heavy atom. The number of aromatic nitrogens is 2. The highest BCUT2D eigenvalue weighted by Gasteiger charge is 2.17. The van der Waals surface area contributed by atoms with Crippen LogP contribution in [0, 0.1) is 0 Å². The van der Waals surface area contributed by atoms with Crippen LogP contribution in [0.25, 0.3) is 15.9 Å². The first kappa shape index (κ1) is 18.2. The van der Waals surface area contributed by atoms with Crippen LogP contribution in [0.3, 0.4) is 0 Å². The molecule has 4 rings (SSSR count). The number of thiazole rings is 1. The predicted molar refractivity (Wildman–Crippen MR) is 112 cm³/mol. The van der Waals surface area contributed by atoms with Gasteiger partial charge in [0.05, 0.1) is 23.4 Å². The van der Waals surface area contributed by atoms with Gasteiger partial charge in [0.1, 0.15) is 5.75 Å². The maximum Gasteiger partial charge on any atom is 0.267 e. The zero-order valence-electron chi connectivity index (χ0n) is 14.7. The molecule has 0 spiro atoms. The average molecular weight is 412 g/mol. The van der Waals surface area contributed by atoms with Gasteiger partial charge < -0.3 is 9.84 Å². The molecule has 0 saturated carbocycles. The number of fused-ring (bicyclic) bond motifs is 1. The summed E-state index contributed by atoms with van der Waals surface area (Å²) in [5.74, 6) is 0.327. The molecule has 2 heterocycles. The average Bonchev–Trinajstić information content (AvgIpc) is 3.22. The summed E-state index contributed by atoms with van der Waals surface area (Å²) in [5.41, 5.74) is 0.659. The number of aromatic hydroxyl groups is 1. The van der Waals surface area contributed by atoms with Gasteiger partial charge in [0.2, 0.25) is 5.88 Å². The van der Waals surface area contributed by atoms with E-state index in [-0.39, 0.29) is 11.4 Å². The highest BCUT2D eigenvalue weighted by molar-refractivity contribution is 7.12. The van der Waals surface area contributed by atoms with Gasteiger partial charge in [-0.2, -0.15) is 0 Å². The van der Waals surface area contributed by atoms with Crippen LogP contribution in [-0.2, 0) is 0 Å². The van der Waals surface area contributed by atoms with Crippen LogP contribution in [0.15, 0.2) is 63.8 Å². The Labute approximate surface area is 169 Å². The minimum atomic E-state index is -0.340. The first-order valence-electron chi connectivity index (χ1n) is 8.24. The highest BCUT2D eigenvalue weighted by Crippen LogP contribution is 2.30. The molecule has 1 N–H and O–H groups in total. The summed E-state index contributed by atoms with van der Waals surface area (Å²) in [6.07, 6.45) is 3.09. The molecule has 0 aliphatic rings. The molecule has 0 aliphatic heterocycles. The highest BCUT2D eigenvalue weighted by atomic mass is 35.5. The number of rotatable bonds is 4. The Bertz CT molecular complexity index is 1250. The summed E-state index contributed by atoms with van der Waals surface area (Å²) in [4.78, 5) is 21.5. The van der Waals surface area contributed by atoms with Gasteiger partial charge in [-0.25, -0.2) is 9.55 Å². The van der Waals surface area contributed by atoms with Gasteiger partial charge in [-0.1, -0.05) is 29.8 Å². The lowest BCUT2D eigenvalue weighted by molar-refractivity contribution is 0.415. The van der Waals surface area contributed by atoms with E-state index in [2.05, 4.69) is 9.98 Å². The minimum Gasteiger partial charge on any atom is -0.495 e. The molecule has 2 aromatic carbocycles. The fourth-order valence-corrected chi connectivity index (χ4v) is 3.76.